The van der Waals surface area contributed by atoms with E-state index in [1.54, 1.807) is 0 Å². The van der Waals surface area contributed by atoms with Crippen molar-refractivity contribution in [3.8, 4) is 0 Å². The summed E-state index contributed by atoms with van der Waals surface area (Å²) in [7, 11) is 6.35. The number of rotatable bonds is 5. The molecule has 0 heterocycles. The van der Waals surface area contributed by atoms with E-state index in [0.29, 0.717) is 0 Å². The Hall–Kier alpha value is -1.22. The second-order valence-electron chi connectivity index (χ2n) is 5.31. The highest BCUT2D eigenvalue weighted by Crippen LogP contribution is 2.43. The first-order chi connectivity index (χ1) is 8.08. The first-order valence-corrected chi connectivity index (χ1v) is 6.33. The molecule has 1 aromatic rings. The quantitative estimate of drug-likeness (QED) is 0.791. The van der Waals surface area contributed by atoms with Crippen molar-refractivity contribution in [2.45, 2.75) is 18.8 Å². The molecule has 0 radical (unpaired) electrons. The molecule has 0 atom stereocenters. The Bertz CT molecular complexity index is 383. The molecule has 3 nitrogen and oxygen atoms in total. The van der Waals surface area contributed by atoms with Gasteiger partial charge in [-0.1, -0.05) is 0 Å². The van der Waals surface area contributed by atoms with Crippen molar-refractivity contribution < 1.29 is 0 Å². The van der Waals surface area contributed by atoms with Gasteiger partial charge in [0.2, 0.25) is 0 Å². The normalized spacial score (nSPS) is 15.3. The highest BCUT2D eigenvalue weighted by Gasteiger charge is 2.25. The van der Waals surface area contributed by atoms with Gasteiger partial charge in [-0.3, -0.25) is 0 Å². The third-order valence-electron chi connectivity index (χ3n) is 3.41. The molecule has 0 saturated heterocycles. The fourth-order valence-corrected chi connectivity index (χ4v) is 2.03. The minimum absolute atomic E-state index is 0.720. The van der Waals surface area contributed by atoms with Crippen LogP contribution in [0.25, 0.3) is 0 Å². The Morgan fingerprint density at radius 2 is 1.88 bits per heavy atom. The maximum atomic E-state index is 6.03. The summed E-state index contributed by atoms with van der Waals surface area (Å²) in [6.45, 7) is 2.11. The predicted molar refractivity (Wildman–Crippen MR) is 74.7 cm³/mol. The number of nitrogens with two attached hydrogens (primary N) is 1. The lowest BCUT2D eigenvalue weighted by molar-refractivity contribution is 0.416. The van der Waals surface area contributed by atoms with E-state index in [9.17, 15) is 0 Å². The molecule has 0 spiro atoms. The zero-order valence-corrected chi connectivity index (χ0v) is 11.1. The van der Waals surface area contributed by atoms with Crippen LogP contribution in [0.4, 0.5) is 11.4 Å². The smallest absolute Gasteiger partial charge is 0.0368 e. The van der Waals surface area contributed by atoms with Gasteiger partial charge in [0.1, 0.15) is 0 Å². The molecule has 17 heavy (non-hydrogen) atoms. The molecule has 0 amide bonds. The Morgan fingerprint density at radius 1 is 1.18 bits per heavy atom. The third kappa shape index (κ3) is 3.13. The van der Waals surface area contributed by atoms with Gasteiger partial charge in [-0.25, -0.2) is 0 Å². The summed E-state index contributed by atoms with van der Waals surface area (Å²) in [5.74, 6) is 0.720. The summed E-state index contributed by atoms with van der Waals surface area (Å²) in [4.78, 5) is 4.50. The second kappa shape index (κ2) is 4.96. The van der Waals surface area contributed by atoms with Crippen LogP contribution in [-0.2, 0) is 0 Å². The zero-order valence-electron chi connectivity index (χ0n) is 11.1. The van der Waals surface area contributed by atoms with Gasteiger partial charge >= 0.3 is 0 Å². The van der Waals surface area contributed by atoms with Crippen LogP contribution in [0.2, 0.25) is 0 Å². The molecule has 1 fully saturated rings. The van der Waals surface area contributed by atoms with Gasteiger partial charge < -0.3 is 15.5 Å². The van der Waals surface area contributed by atoms with Crippen LogP contribution in [-0.4, -0.2) is 39.1 Å². The lowest BCUT2D eigenvalue weighted by Crippen LogP contribution is -2.28. The Morgan fingerprint density at radius 3 is 2.47 bits per heavy atom. The number of likely N-dealkylation sites (N-methyl/N-ethyl adjacent to an activating group) is 2. The summed E-state index contributed by atoms with van der Waals surface area (Å²) in [6, 6.07) is 6.44. The fraction of sp³-hybridized carbons (Fsp3) is 0.571. The molecule has 2 rings (SSSR count). The first kappa shape index (κ1) is 12.2. The van der Waals surface area contributed by atoms with Crippen molar-refractivity contribution in [2.75, 3.05) is 44.9 Å². The van der Waals surface area contributed by atoms with E-state index >= 15 is 0 Å². The maximum Gasteiger partial charge on any atom is 0.0368 e. The summed E-state index contributed by atoms with van der Waals surface area (Å²) < 4.78 is 0. The topological polar surface area (TPSA) is 32.5 Å². The first-order valence-electron chi connectivity index (χ1n) is 6.33. The van der Waals surface area contributed by atoms with Crippen LogP contribution >= 0.6 is 0 Å². The molecule has 1 aromatic carbocycles. The molecule has 1 saturated carbocycles. The monoisotopic (exact) mass is 233 g/mol. The van der Waals surface area contributed by atoms with E-state index in [4.69, 9.17) is 5.73 Å². The molecule has 0 bridgehead atoms. The SMILES string of the molecule is CN(C)CCN(C)c1ccc(N)c(C2CC2)c1. The molecular weight excluding hydrogens is 210 g/mol. The highest BCUT2D eigenvalue weighted by molar-refractivity contribution is 5.60. The van der Waals surface area contributed by atoms with Gasteiger partial charge in [-0.15, -0.1) is 0 Å². The lowest BCUT2D eigenvalue weighted by Gasteiger charge is -2.22. The van der Waals surface area contributed by atoms with Gasteiger partial charge in [0.05, 0.1) is 0 Å². The number of hydrogen-bond donors (Lipinski definition) is 1. The second-order valence-corrected chi connectivity index (χ2v) is 5.31. The molecule has 0 aromatic heterocycles. The van der Waals surface area contributed by atoms with E-state index in [2.05, 4.69) is 49.1 Å². The molecule has 2 N–H and O–H groups in total. The fourth-order valence-electron chi connectivity index (χ4n) is 2.03. The molecule has 1 aliphatic carbocycles. The standard InChI is InChI=1S/C14H23N3/c1-16(2)8-9-17(3)12-6-7-14(15)13(10-12)11-4-5-11/h6-7,10-11H,4-5,8-9,15H2,1-3H3. The Balaban J connectivity index is 2.07. The Labute approximate surface area is 104 Å². The van der Waals surface area contributed by atoms with Crippen molar-refractivity contribution >= 4 is 11.4 Å². The van der Waals surface area contributed by atoms with Crippen LogP contribution in [0, 0.1) is 0 Å². The van der Waals surface area contributed by atoms with E-state index in [-0.39, 0.29) is 0 Å². The van der Waals surface area contributed by atoms with E-state index in [1.807, 2.05) is 0 Å². The van der Waals surface area contributed by atoms with Gasteiger partial charge in [0, 0.05) is 31.5 Å². The molecule has 3 heteroatoms. The summed E-state index contributed by atoms with van der Waals surface area (Å²) in [6.07, 6.45) is 2.60. The summed E-state index contributed by atoms with van der Waals surface area (Å²) >= 11 is 0. The Kier molecular flexibility index (Phi) is 3.57. The van der Waals surface area contributed by atoms with Crippen molar-refractivity contribution in [1.82, 2.24) is 4.90 Å². The minimum Gasteiger partial charge on any atom is -0.398 e. The summed E-state index contributed by atoms with van der Waals surface area (Å²) in [5, 5.41) is 0. The zero-order chi connectivity index (χ0) is 12.4. The van der Waals surface area contributed by atoms with Gasteiger partial charge in [-0.2, -0.15) is 0 Å². The average molecular weight is 233 g/mol. The number of anilines is 2. The van der Waals surface area contributed by atoms with Gasteiger partial charge in [0.15, 0.2) is 0 Å². The van der Waals surface area contributed by atoms with E-state index < -0.39 is 0 Å². The van der Waals surface area contributed by atoms with Gasteiger partial charge in [0.25, 0.3) is 0 Å². The molecule has 0 aliphatic heterocycles. The number of nitrogens with zero attached hydrogens (tertiary/aromatic N) is 2. The van der Waals surface area contributed by atoms with E-state index in [0.717, 1.165) is 24.7 Å². The van der Waals surface area contributed by atoms with Crippen LogP contribution in [0.5, 0.6) is 0 Å². The molecule has 1 aliphatic rings. The predicted octanol–water partition coefficient (Wildman–Crippen LogP) is 2.14. The van der Waals surface area contributed by atoms with Crippen molar-refractivity contribution in [3.63, 3.8) is 0 Å². The average Bonchev–Trinajstić information content (AvgIpc) is 3.10. The summed E-state index contributed by atoms with van der Waals surface area (Å²) in [5.41, 5.74) is 9.61. The largest absolute Gasteiger partial charge is 0.398 e. The number of nitrogen functional groups attached to an aromatic ring is 1. The highest BCUT2D eigenvalue weighted by atomic mass is 15.1. The molecule has 0 unspecified atom stereocenters. The lowest BCUT2D eigenvalue weighted by atomic mass is 10.1. The van der Waals surface area contributed by atoms with Crippen LogP contribution < -0.4 is 10.6 Å². The van der Waals surface area contributed by atoms with Crippen molar-refractivity contribution in [3.05, 3.63) is 23.8 Å². The van der Waals surface area contributed by atoms with Gasteiger partial charge in [-0.05, 0) is 56.6 Å². The van der Waals surface area contributed by atoms with Crippen molar-refractivity contribution in [2.24, 2.45) is 0 Å². The maximum absolute atomic E-state index is 6.03. The van der Waals surface area contributed by atoms with Crippen molar-refractivity contribution in [1.29, 1.82) is 0 Å². The van der Waals surface area contributed by atoms with Crippen LogP contribution in [0.15, 0.2) is 18.2 Å². The number of benzene rings is 1. The van der Waals surface area contributed by atoms with E-state index in [1.165, 1.54) is 24.1 Å². The number of hydrogen-bond acceptors (Lipinski definition) is 3. The van der Waals surface area contributed by atoms with Crippen LogP contribution in [0.1, 0.15) is 24.3 Å². The van der Waals surface area contributed by atoms with Crippen LogP contribution in [0.3, 0.4) is 0 Å². The molecular formula is C14H23N3. The minimum atomic E-state index is 0.720. The molecule has 94 valence electrons. The third-order valence-corrected chi connectivity index (χ3v) is 3.41.